The largest absolute Gasteiger partial charge is 0.479 e. The number of rotatable bonds is 6. The Morgan fingerprint density at radius 1 is 1.33 bits per heavy atom. The molecule has 0 bridgehead atoms. The molecule has 0 amide bonds. The maximum absolute atomic E-state index is 6.30. The van der Waals surface area contributed by atoms with Crippen molar-refractivity contribution in [1.82, 2.24) is 24.4 Å². The summed E-state index contributed by atoms with van der Waals surface area (Å²) in [6, 6.07) is 0.244. The fraction of sp³-hybridized carbons (Fsp3) is 0.643. The number of halogens is 1. The molecule has 2 heterocycles. The van der Waals surface area contributed by atoms with Crippen molar-refractivity contribution in [1.29, 1.82) is 0 Å². The first-order valence-corrected chi connectivity index (χ1v) is 7.45. The van der Waals surface area contributed by atoms with Gasteiger partial charge in [0, 0.05) is 6.04 Å². The average Bonchev–Trinajstić information content (AvgIpc) is 2.84. The number of methoxy groups -OCH3 is 1. The van der Waals surface area contributed by atoms with Crippen LogP contribution in [0.5, 0.6) is 5.88 Å². The lowest BCUT2D eigenvalue weighted by molar-refractivity contribution is 0.357. The zero-order valence-electron chi connectivity index (χ0n) is 13.2. The van der Waals surface area contributed by atoms with E-state index in [4.69, 9.17) is 16.3 Å². The summed E-state index contributed by atoms with van der Waals surface area (Å²) >= 11 is 6.30. The monoisotopic (exact) mass is 311 g/mol. The van der Waals surface area contributed by atoms with E-state index < -0.39 is 0 Å². The molecule has 0 radical (unpaired) electrons. The second-order valence-corrected chi connectivity index (χ2v) is 6.11. The van der Waals surface area contributed by atoms with E-state index in [-0.39, 0.29) is 11.4 Å². The predicted molar refractivity (Wildman–Crippen MR) is 84.0 cm³/mol. The first-order chi connectivity index (χ1) is 9.95. The maximum atomic E-state index is 6.30. The van der Waals surface area contributed by atoms with Crippen LogP contribution in [0.25, 0.3) is 11.2 Å². The van der Waals surface area contributed by atoms with Crippen molar-refractivity contribution >= 4 is 22.8 Å². The summed E-state index contributed by atoms with van der Waals surface area (Å²) in [4.78, 5) is 15.3. The molecule has 0 aromatic carbocycles. The van der Waals surface area contributed by atoms with Gasteiger partial charge in [0.1, 0.15) is 12.2 Å². The Morgan fingerprint density at radius 2 is 2.05 bits per heavy atom. The lowest BCUT2D eigenvalue weighted by Crippen LogP contribution is -2.19. The molecule has 0 aliphatic rings. The summed E-state index contributed by atoms with van der Waals surface area (Å²) in [5.41, 5.74) is 1.44. The topological polar surface area (TPSA) is 56.1 Å². The van der Waals surface area contributed by atoms with Crippen molar-refractivity contribution in [3.05, 3.63) is 12.2 Å². The molecular weight excluding hydrogens is 290 g/mol. The van der Waals surface area contributed by atoms with E-state index in [1.54, 1.807) is 7.11 Å². The van der Waals surface area contributed by atoms with Crippen molar-refractivity contribution in [3.63, 3.8) is 0 Å². The Labute approximate surface area is 130 Å². The minimum absolute atomic E-state index is 0.203. The zero-order valence-corrected chi connectivity index (χ0v) is 13.9. The fourth-order valence-electron chi connectivity index (χ4n) is 2.34. The third-order valence-electron chi connectivity index (χ3n) is 3.45. The van der Waals surface area contributed by atoms with Gasteiger partial charge >= 0.3 is 0 Å². The van der Waals surface area contributed by atoms with Gasteiger partial charge in [0.2, 0.25) is 5.88 Å². The quantitative estimate of drug-likeness (QED) is 0.768. The number of alkyl halides is 1. The summed E-state index contributed by atoms with van der Waals surface area (Å²) in [5.74, 6) is 1.29. The molecule has 2 atom stereocenters. The summed E-state index contributed by atoms with van der Waals surface area (Å²) in [6.07, 6.45) is 2.49. The molecule has 2 aromatic rings. The molecule has 0 aliphatic heterocycles. The lowest BCUT2D eigenvalue weighted by Gasteiger charge is -2.20. The van der Waals surface area contributed by atoms with E-state index >= 15 is 0 Å². The SMILES string of the molecule is COc1ncnc2c1nc(C(C)Cl)n2C(C)CCN(C)C. The number of imidazole rings is 1. The molecular formula is C14H22ClN5O. The second kappa shape index (κ2) is 6.58. The molecule has 0 aliphatic carbocycles. The smallest absolute Gasteiger partial charge is 0.245 e. The van der Waals surface area contributed by atoms with Gasteiger partial charge in [-0.2, -0.15) is 4.98 Å². The standard InChI is InChI=1S/C14H22ClN5O/c1-9(6-7-19(3)4)20-12(10(2)15)18-11-13(20)16-8-17-14(11)21-5/h8-10H,6-7H2,1-5H3. The number of fused-ring (bicyclic) bond motifs is 1. The molecule has 0 spiro atoms. The first kappa shape index (κ1) is 16.0. The van der Waals surface area contributed by atoms with E-state index in [9.17, 15) is 0 Å². The molecule has 2 unspecified atom stereocenters. The number of aromatic nitrogens is 4. The number of hydrogen-bond acceptors (Lipinski definition) is 5. The van der Waals surface area contributed by atoms with Crippen LogP contribution in [-0.4, -0.2) is 52.2 Å². The van der Waals surface area contributed by atoms with Gasteiger partial charge in [-0.3, -0.25) is 0 Å². The van der Waals surface area contributed by atoms with Crippen LogP contribution < -0.4 is 4.74 Å². The van der Waals surface area contributed by atoms with Gasteiger partial charge in [-0.15, -0.1) is 11.6 Å². The summed E-state index contributed by atoms with van der Waals surface area (Å²) < 4.78 is 7.37. The third kappa shape index (κ3) is 3.27. The second-order valence-electron chi connectivity index (χ2n) is 5.45. The zero-order chi connectivity index (χ0) is 15.6. The molecule has 2 rings (SSSR count). The van der Waals surface area contributed by atoms with Gasteiger partial charge in [-0.25, -0.2) is 9.97 Å². The van der Waals surface area contributed by atoms with E-state index in [2.05, 4.69) is 45.4 Å². The van der Waals surface area contributed by atoms with E-state index in [0.29, 0.717) is 11.4 Å². The molecule has 116 valence electrons. The number of hydrogen-bond donors (Lipinski definition) is 0. The van der Waals surface area contributed by atoms with Crippen molar-refractivity contribution in [2.75, 3.05) is 27.7 Å². The highest BCUT2D eigenvalue weighted by atomic mass is 35.5. The van der Waals surface area contributed by atoms with Crippen LogP contribution in [0.4, 0.5) is 0 Å². The maximum Gasteiger partial charge on any atom is 0.245 e. The lowest BCUT2D eigenvalue weighted by atomic mass is 10.2. The molecule has 6 nitrogen and oxygen atoms in total. The van der Waals surface area contributed by atoms with Crippen LogP contribution in [0, 0.1) is 0 Å². The predicted octanol–water partition coefficient (Wildman–Crippen LogP) is 2.65. The van der Waals surface area contributed by atoms with Crippen LogP contribution in [0.3, 0.4) is 0 Å². The van der Waals surface area contributed by atoms with Gasteiger partial charge in [-0.05, 0) is 40.9 Å². The molecule has 2 aromatic heterocycles. The van der Waals surface area contributed by atoms with E-state index in [1.165, 1.54) is 6.33 Å². The van der Waals surface area contributed by atoms with E-state index in [0.717, 1.165) is 24.4 Å². The number of nitrogens with zero attached hydrogens (tertiary/aromatic N) is 5. The van der Waals surface area contributed by atoms with Gasteiger partial charge in [-0.1, -0.05) is 0 Å². The normalized spacial score (nSPS) is 14.6. The number of ether oxygens (including phenoxy) is 1. The molecule has 0 fully saturated rings. The van der Waals surface area contributed by atoms with Crippen LogP contribution >= 0.6 is 11.6 Å². The molecule has 0 N–H and O–H groups in total. The Bertz CT molecular complexity index is 611. The van der Waals surface area contributed by atoms with Crippen LogP contribution in [0.15, 0.2) is 6.33 Å². The fourth-order valence-corrected chi connectivity index (χ4v) is 2.50. The highest BCUT2D eigenvalue weighted by Crippen LogP contribution is 2.31. The van der Waals surface area contributed by atoms with E-state index in [1.807, 2.05) is 6.92 Å². The summed E-state index contributed by atoms with van der Waals surface area (Å²) in [6.45, 7) is 5.05. The minimum atomic E-state index is -0.203. The molecule has 0 saturated heterocycles. The van der Waals surface area contributed by atoms with Gasteiger partial charge < -0.3 is 14.2 Å². The Balaban J connectivity index is 2.51. The van der Waals surface area contributed by atoms with Crippen molar-refractivity contribution < 1.29 is 4.74 Å². The Kier molecular flexibility index (Phi) is 5.00. The van der Waals surface area contributed by atoms with Crippen LogP contribution in [0.2, 0.25) is 0 Å². The third-order valence-corrected chi connectivity index (χ3v) is 3.65. The molecule has 21 heavy (non-hydrogen) atoms. The van der Waals surface area contributed by atoms with Gasteiger partial charge in [0.15, 0.2) is 11.2 Å². The van der Waals surface area contributed by atoms with Gasteiger partial charge in [0.05, 0.1) is 12.5 Å². The minimum Gasteiger partial charge on any atom is -0.479 e. The van der Waals surface area contributed by atoms with Crippen LogP contribution in [-0.2, 0) is 0 Å². The van der Waals surface area contributed by atoms with Gasteiger partial charge in [0.25, 0.3) is 0 Å². The summed E-state index contributed by atoms with van der Waals surface area (Å²) in [5, 5.41) is -0.203. The van der Waals surface area contributed by atoms with Crippen molar-refractivity contribution in [2.45, 2.75) is 31.7 Å². The molecule has 7 heteroatoms. The van der Waals surface area contributed by atoms with Crippen molar-refractivity contribution in [3.8, 4) is 5.88 Å². The molecule has 0 saturated carbocycles. The highest BCUT2D eigenvalue weighted by Gasteiger charge is 2.22. The van der Waals surface area contributed by atoms with Crippen molar-refractivity contribution in [2.24, 2.45) is 0 Å². The Hall–Kier alpha value is -1.40. The highest BCUT2D eigenvalue weighted by molar-refractivity contribution is 6.20. The first-order valence-electron chi connectivity index (χ1n) is 7.01. The Morgan fingerprint density at radius 3 is 2.62 bits per heavy atom. The summed E-state index contributed by atoms with van der Waals surface area (Å²) in [7, 11) is 5.71. The van der Waals surface area contributed by atoms with Crippen LogP contribution in [0.1, 0.15) is 37.5 Å². The average molecular weight is 312 g/mol.